The topological polar surface area (TPSA) is 80.8 Å². The van der Waals surface area contributed by atoms with Gasteiger partial charge >= 0.3 is 0 Å². The molecule has 0 aliphatic carbocycles. The van der Waals surface area contributed by atoms with Gasteiger partial charge < -0.3 is 24.8 Å². The van der Waals surface area contributed by atoms with E-state index < -0.39 is 0 Å². The van der Waals surface area contributed by atoms with Crippen LogP contribution in [0.1, 0.15) is 12.8 Å². The lowest BCUT2D eigenvalue weighted by Crippen LogP contribution is -2.38. The minimum Gasteiger partial charge on any atom is -0.490 e. The summed E-state index contributed by atoms with van der Waals surface area (Å²) < 4.78 is 16.9. The zero-order valence-electron chi connectivity index (χ0n) is 20.0. The zero-order valence-corrected chi connectivity index (χ0v) is 20.0. The highest BCUT2D eigenvalue weighted by Gasteiger charge is 2.15. The Hall–Kier alpha value is -3.20. The van der Waals surface area contributed by atoms with Crippen molar-refractivity contribution in [2.24, 2.45) is 0 Å². The van der Waals surface area contributed by atoms with Crippen LogP contribution in [0.4, 0.5) is 17.3 Å². The standard InChI is InChI=1S/C27H33N5O3/c1-2-22(28-12-13-32-14-18-34-19-15-32)20-23(3-1)30-27-29-11-8-26(31-27)21-4-6-24(7-5-21)35-25-9-16-33-17-10-25/h1-8,11,20,25,28H,9-10,12-19H2,(H,29,30,31). The summed E-state index contributed by atoms with van der Waals surface area (Å²) in [5, 5.41) is 6.84. The third-order valence-corrected chi connectivity index (χ3v) is 6.26. The van der Waals surface area contributed by atoms with E-state index in [1.54, 1.807) is 6.20 Å². The number of ether oxygens (including phenoxy) is 3. The Morgan fingerprint density at radius 2 is 1.69 bits per heavy atom. The molecule has 0 radical (unpaired) electrons. The van der Waals surface area contributed by atoms with Crippen molar-refractivity contribution in [3.05, 3.63) is 60.8 Å². The van der Waals surface area contributed by atoms with Crippen LogP contribution in [-0.4, -0.2) is 73.6 Å². The van der Waals surface area contributed by atoms with Gasteiger partial charge in [-0.15, -0.1) is 0 Å². The van der Waals surface area contributed by atoms with E-state index in [1.165, 1.54) is 0 Å². The average Bonchev–Trinajstić information content (AvgIpc) is 2.91. The Morgan fingerprint density at radius 3 is 2.51 bits per heavy atom. The van der Waals surface area contributed by atoms with Crippen molar-refractivity contribution < 1.29 is 14.2 Å². The van der Waals surface area contributed by atoms with Crippen LogP contribution in [0.15, 0.2) is 60.8 Å². The van der Waals surface area contributed by atoms with E-state index in [4.69, 9.17) is 19.2 Å². The van der Waals surface area contributed by atoms with E-state index in [-0.39, 0.29) is 6.10 Å². The van der Waals surface area contributed by atoms with Crippen molar-refractivity contribution in [1.82, 2.24) is 14.9 Å². The number of hydrogen-bond donors (Lipinski definition) is 2. The molecule has 8 heteroatoms. The molecule has 5 rings (SSSR count). The third-order valence-electron chi connectivity index (χ3n) is 6.26. The summed E-state index contributed by atoms with van der Waals surface area (Å²) in [6.07, 6.45) is 3.89. The summed E-state index contributed by atoms with van der Waals surface area (Å²) in [7, 11) is 0. The second kappa shape index (κ2) is 12.0. The molecular weight excluding hydrogens is 442 g/mol. The number of morpholine rings is 1. The molecule has 2 fully saturated rings. The maximum absolute atomic E-state index is 6.08. The van der Waals surface area contributed by atoms with Gasteiger partial charge in [-0.3, -0.25) is 4.90 Å². The lowest BCUT2D eigenvalue weighted by Gasteiger charge is -2.26. The first-order chi connectivity index (χ1) is 17.3. The highest BCUT2D eigenvalue weighted by molar-refractivity contribution is 5.64. The van der Waals surface area contributed by atoms with Crippen molar-refractivity contribution in [2.75, 3.05) is 63.2 Å². The molecule has 0 saturated carbocycles. The van der Waals surface area contributed by atoms with Crippen LogP contribution in [0.2, 0.25) is 0 Å². The number of anilines is 3. The molecule has 0 unspecified atom stereocenters. The monoisotopic (exact) mass is 475 g/mol. The molecule has 1 aromatic heterocycles. The highest BCUT2D eigenvalue weighted by Crippen LogP contribution is 2.25. The Kier molecular flexibility index (Phi) is 8.05. The predicted molar refractivity (Wildman–Crippen MR) is 137 cm³/mol. The van der Waals surface area contributed by atoms with Gasteiger partial charge in [-0.2, -0.15) is 0 Å². The Bertz CT molecular complexity index is 1070. The molecule has 35 heavy (non-hydrogen) atoms. The number of nitrogens with zero attached hydrogens (tertiary/aromatic N) is 3. The summed E-state index contributed by atoms with van der Waals surface area (Å²) >= 11 is 0. The first-order valence-corrected chi connectivity index (χ1v) is 12.4. The lowest BCUT2D eigenvalue weighted by atomic mass is 10.1. The predicted octanol–water partition coefficient (Wildman–Crippen LogP) is 4.19. The van der Waals surface area contributed by atoms with E-state index in [1.807, 2.05) is 42.5 Å². The smallest absolute Gasteiger partial charge is 0.227 e. The van der Waals surface area contributed by atoms with E-state index in [9.17, 15) is 0 Å². The summed E-state index contributed by atoms with van der Waals surface area (Å²) in [6, 6.07) is 18.2. The average molecular weight is 476 g/mol. The third kappa shape index (κ3) is 6.91. The molecule has 2 aliphatic rings. The number of benzene rings is 2. The van der Waals surface area contributed by atoms with E-state index >= 15 is 0 Å². The molecule has 3 heterocycles. The van der Waals surface area contributed by atoms with Gasteiger partial charge in [0, 0.05) is 62.2 Å². The van der Waals surface area contributed by atoms with Gasteiger partial charge in [0.2, 0.25) is 5.95 Å². The first-order valence-electron chi connectivity index (χ1n) is 12.4. The van der Waals surface area contributed by atoms with Crippen molar-refractivity contribution in [3.8, 4) is 17.0 Å². The Labute approximate surface area is 206 Å². The van der Waals surface area contributed by atoms with Gasteiger partial charge in [-0.05, 0) is 48.5 Å². The van der Waals surface area contributed by atoms with Gasteiger partial charge in [0.25, 0.3) is 0 Å². The van der Waals surface area contributed by atoms with Gasteiger partial charge in [-0.1, -0.05) is 6.07 Å². The quantitative estimate of drug-likeness (QED) is 0.477. The molecule has 2 N–H and O–H groups in total. The molecule has 0 atom stereocenters. The molecular formula is C27H33N5O3. The molecule has 2 aromatic carbocycles. The van der Waals surface area contributed by atoms with Crippen molar-refractivity contribution in [1.29, 1.82) is 0 Å². The molecule has 0 amide bonds. The molecule has 0 spiro atoms. The summed E-state index contributed by atoms with van der Waals surface area (Å²) in [5.74, 6) is 1.45. The number of hydrogen-bond acceptors (Lipinski definition) is 8. The van der Waals surface area contributed by atoms with Crippen LogP contribution in [0, 0.1) is 0 Å². The van der Waals surface area contributed by atoms with Crippen LogP contribution in [0.3, 0.4) is 0 Å². The zero-order chi connectivity index (χ0) is 23.7. The van der Waals surface area contributed by atoms with Crippen molar-refractivity contribution in [3.63, 3.8) is 0 Å². The van der Waals surface area contributed by atoms with E-state index in [2.05, 4.69) is 32.7 Å². The van der Waals surface area contributed by atoms with Gasteiger partial charge in [0.05, 0.1) is 32.1 Å². The lowest BCUT2D eigenvalue weighted by molar-refractivity contribution is 0.0256. The second-order valence-corrected chi connectivity index (χ2v) is 8.81. The van der Waals surface area contributed by atoms with E-state index in [0.717, 1.165) is 93.8 Å². The van der Waals surface area contributed by atoms with Gasteiger partial charge in [0.15, 0.2) is 0 Å². The second-order valence-electron chi connectivity index (χ2n) is 8.81. The molecule has 0 bridgehead atoms. The number of rotatable bonds is 9. The normalized spacial score (nSPS) is 17.1. The van der Waals surface area contributed by atoms with Crippen molar-refractivity contribution in [2.45, 2.75) is 18.9 Å². The Balaban J connectivity index is 1.17. The van der Waals surface area contributed by atoms with E-state index in [0.29, 0.717) is 5.95 Å². The highest BCUT2D eigenvalue weighted by atomic mass is 16.5. The number of aromatic nitrogens is 2. The summed E-state index contributed by atoms with van der Waals surface area (Å²) in [5.41, 5.74) is 3.89. The fourth-order valence-electron chi connectivity index (χ4n) is 4.29. The van der Waals surface area contributed by atoms with Crippen LogP contribution in [-0.2, 0) is 9.47 Å². The minimum atomic E-state index is 0.231. The maximum atomic E-state index is 6.08. The van der Waals surface area contributed by atoms with Gasteiger partial charge in [0.1, 0.15) is 11.9 Å². The maximum Gasteiger partial charge on any atom is 0.227 e. The Morgan fingerprint density at radius 1 is 0.914 bits per heavy atom. The fraction of sp³-hybridized carbons (Fsp3) is 0.407. The SMILES string of the molecule is c1cc(NCCN2CCOCC2)cc(Nc2nccc(-c3ccc(OC4CCOCC4)cc3)n2)c1. The van der Waals surface area contributed by atoms with Crippen LogP contribution in [0.5, 0.6) is 5.75 Å². The first kappa shape index (κ1) is 23.5. The molecule has 3 aromatic rings. The van der Waals surface area contributed by atoms with Gasteiger partial charge in [-0.25, -0.2) is 9.97 Å². The molecule has 8 nitrogen and oxygen atoms in total. The molecule has 2 aliphatic heterocycles. The van der Waals surface area contributed by atoms with Crippen LogP contribution in [0.25, 0.3) is 11.3 Å². The molecule has 184 valence electrons. The van der Waals surface area contributed by atoms with Crippen LogP contribution < -0.4 is 15.4 Å². The molecule has 2 saturated heterocycles. The number of nitrogens with one attached hydrogen (secondary N) is 2. The van der Waals surface area contributed by atoms with Crippen molar-refractivity contribution >= 4 is 17.3 Å². The summed E-state index contributed by atoms with van der Waals surface area (Å²) in [4.78, 5) is 11.5. The minimum absolute atomic E-state index is 0.231. The fourth-order valence-corrected chi connectivity index (χ4v) is 4.29. The largest absolute Gasteiger partial charge is 0.490 e. The van der Waals surface area contributed by atoms with Crippen LogP contribution >= 0.6 is 0 Å². The summed E-state index contributed by atoms with van der Waals surface area (Å²) in [6.45, 7) is 7.10.